The van der Waals surface area contributed by atoms with Crippen LogP contribution in [0.3, 0.4) is 0 Å². The van der Waals surface area contributed by atoms with E-state index in [1.807, 2.05) is 0 Å². The zero-order valence-electron chi connectivity index (χ0n) is 15.8. The molecular formula is C21H19N3O6. The van der Waals surface area contributed by atoms with Gasteiger partial charge in [-0.1, -0.05) is 18.2 Å². The molecule has 2 heterocycles. The lowest BCUT2D eigenvalue weighted by Gasteiger charge is -2.29. The minimum absolute atomic E-state index is 0.0958. The van der Waals surface area contributed by atoms with Crippen molar-refractivity contribution in [2.24, 2.45) is 5.73 Å². The van der Waals surface area contributed by atoms with Crippen LogP contribution >= 0.6 is 0 Å². The number of amides is 1. The number of hydrogen-bond donors (Lipinski definition) is 3. The number of hydrogen-bond acceptors (Lipinski definition) is 6. The van der Waals surface area contributed by atoms with Crippen LogP contribution in [-0.2, 0) is 4.79 Å². The molecule has 1 amide bonds. The molecule has 9 nitrogen and oxygen atoms in total. The third-order valence-electron chi connectivity index (χ3n) is 5.16. The van der Waals surface area contributed by atoms with Crippen molar-refractivity contribution in [1.29, 1.82) is 5.41 Å². The first kappa shape index (κ1) is 19.4. The molecule has 1 saturated heterocycles. The molecule has 0 spiro atoms. The minimum Gasteiger partial charge on any atom is -0.476 e. The molecule has 1 unspecified atom stereocenters. The van der Waals surface area contributed by atoms with Crippen LogP contribution in [0.2, 0.25) is 0 Å². The summed E-state index contributed by atoms with van der Waals surface area (Å²) < 4.78 is 10.6. The predicted octanol–water partition coefficient (Wildman–Crippen LogP) is 1.64. The van der Waals surface area contributed by atoms with E-state index >= 15 is 0 Å². The lowest BCUT2D eigenvalue weighted by Crippen LogP contribution is -2.42. The maximum atomic E-state index is 13.3. The average molecular weight is 409 g/mol. The number of carbonyl (C=O) groups is 3. The van der Waals surface area contributed by atoms with E-state index in [0.29, 0.717) is 30.5 Å². The minimum atomic E-state index is -1.52. The normalized spacial score (nSPS) is 17.7. The van der Waals surface area contributed by atoms with Gasteiger partial charge < -0.3 is 25.2 Å². The summed E-state index contributed by atoms with van der Waals surface area (Å²) in [5.74, 6) is -1.80. The molecule has 0 aromatic heterocycles. The molecule has 1 atom stereocenters. The van der Waals surface area contributed by atoms with Gasteiger partial charge in [0.1, 0.15) is 22.9 Å². The van der Waals surface area contributed by atoms with Crippen molar-refractivity contribution in [2.45, 2.75) is 25.2 Å². The van der Waals surface area contributed by atoms with E-state index in [1.165, 1.54) is 17.0 Å². The number of amidine groups is 1. The number of nitrogens with two attached hydrogens (primary N) is 1. The summed E-state index contributed by atoms with van der Waals surface area (Å²) in [6.45, 7) is 0.417. The third-order valence-corrected chi connectivity index (χ3v) is 5.16. The van der Waals surface area contributed by atoms with Crippen molar-refractivity contribution < 1.29 is 29.0 Å². The van der Waals surface area contributed by atoms with Crippen LogP contribution in [0.15, 0.2) is 42.5 Å². The molecule has 4 N–H and O–H groups in total. The van der Waals surface area contributed by atoms with Crippen molar-refractivity contribution in [1.82, 2.24) is 4.90 Å². The monoisotopic (exact) mass is 409 g/mol. The Kier molecular flexibility index (Phi) is 4.86. The van der Waals surface area contributed by atoms with E-state index in [1.54, 1.807) is 30.3 Å². The lowest BCUT2D eigenvalue weighted by atomic mass is 9.99. The Morgan fingerprint density at radius 3 is 2.20 bits per heavy atom. The maximum Gasteiger partial charge on any atom is 0.387 e. The second-order valence-corrected chi connectivity index (χ2v) is 7.05. The molecule has 154 valence electrons. The third kappa shape index (κ3) is 3.34. The van der Waals surface area contributed by atoms with Gasteiger partial charge in [0, 0.05) is 17.7 Å². The highest BCUT2D eigenvalue weighted by atomic mass is 16.7. The number of carbonyl (C=O) groups excluding carboxylic acids is 2. The molecule has 2 aliphatic rings. The molecule has 2 aromatic rings. The second-order valence-electron chi connectivity index (χ2n) is 7.05. The summed E-state index contributed by atoms with van der Waals surface area (Å²) >= 11 is 0. The van der Waals surface area contributed by atoms with Crippen molar-refractivity contribution in [2.75, 3.05) is 6.54 Å². The van der Waals surface area contributed by atoms with Gasteiger partial charge in [-0.05, 0) is 37.1 Å². The number of aliphatic carboxylic acids is 1. The standard InChI is InChI=1S/C21H19N3O6/c22-18(23)11-6-8-12(9-7-11)19(26)24-10-2-3-13(24)17(25)16-14-4-1-5-15(16)30-21(29-14)20(27)28/h1,4-9,13,21H,2-3,10H2,(H3,22,23)(H,27,28). The van der Waals surface area contributed by atoms with Crippen LogP contribution in [0.25, 0.3) is 0 Å². The number of rotatable bonds is 5. The molecule has 9 heteroatoms. The molecular weight excluding hydrogens is 390 g/mol. The van der Waals surface area contributed by atoms with E-state index in [0.717, 1.165) is 0 Å². The molecule has 2 aliphatic heterocycles. The fourth-order valence-corrected chi connectivity index (χ4v) is 3.71. The summed E-state index contributed by atoms with van der Waals surface area (Å²) in [6, 6.07) is 10.2. The number of ketones is 1. The summed E-state index contributed by atoms with van der Waals surface area (Å²) in [5, 5.41) is 16.6. The summed E-state index contributed by atoms with van der Waals surface area (Å²) in [4.78, 5) is 39.0. The molecule has 2 aromatic carbocycles. The summed E-state index contributed by atoms with van der Waals surface area (Å²) in [7, 11) is 0. The molecule has 4 rings (SSSR count). The fourth-order valence-electron chi connectivity index (χ4n) is 3.71. The molecule has 2 bridgehead atoms. The summed E-state index contributed by atoms with van der Waals surface area (Å²) in [5.41, 5.74) is 6.48. The summed E-state index contributed by atoms with van der Waals surface area (Å²) in [6.07, 6.45) is -0.384. The van der Waals surface area contributed by atoms with Crippen molar-refractivity contribution in [3.05, 3.63) is 59.2 Å². The smallest absolute Gasteiger partial charge is 0.387 e. The van der Waals surface area contributed by atoms with Crippen molar-refractivity contribution in [3.63, 3.8) is 0 Å². The first-order valence-electron chi connectivity index (χ1n) is 9.35. The Morgan fingerprint density at radius 2 is 1.63 bits per heavy atom. The number of nitrogen functional groups attached to an aromatic ring is 1. The number of carboxylic acid groups (broad SMARTS) is 1. The number of nitrogens with one attached hydrogen (secondary N) is 1. The lowest BCUT2D eigenvalue weighted by molar-refractivity contribution is -0.159. The molecule has 30 heavy (non-hydrogen) atoms. The van der Waals surface area contributed by atoms with Crippen LogP contribution in [0.5, 0.6) is 11.5 Å². The fraction of sp³-hybridized carbons (Fsp3) is 0.238. The first-order chi connectivity index (χ1) is 14.4. The zero-order chi connectivity index (χ0) is 21.4. The van der Waals surface area contributed by atoms with Crippen LogP contribution in [0.1, 0.15) is 39.1 Å². The zero-order valence-corrected chi connectivity index (χ0v) is 15.8. The molecule has 0 aliphatic carbocycles. The van der Waals surface area contributed by atoms with E-state index in [9.17, 15) is 14.4 Å². The Morgan fingerprint density at radius 1 is 1.03 bits per heavy atom. The van der Waals surface area contributed by atoms with Gasteiger partial charge in [0.05, 0.1) is 6.04 Å². The SMILES string of the molecule is N=C(N)c1ccc(C(=O)N2CCCC2C(=O)c2c3cccc2OC(C(=O)O)O3)cc1. The van der Waals surface area contributed by atoms with Gasteiger partial charge in [-0.15, -0.1) is 0 Å². The van der Waals surface area contributed by atoms with Gasteiger partial charge in [-0.25, -0.2) is 4.79 Å². The largest absolute Gasteiger partial charge is 0.476 e. The number of likely N-dealkylation sites (tertiary alicyclic amines) is 1. The topological polar surface area (TPSA) is 143 Å². The van der Waals surface area contributed by atoms with E-state index in [4.69, 9.17) is 25.7 Å². The predicted molar refractivity (Wildman–Crippen MR) is 105 cm³/mol. The average Bonchev–Trinajstić information content (AvgIpc) is 3.21. The Hall–Kier alpha value is -3.88. The number of carboxylic acids is 1. The van der Waals surface area contributed by atoms with Gasteiger partial charge in [0.25, 0.3) is 5.91 Å². The van der Waals surface area contributed by atoms with E-state index in [-0.39, 0.29) is 34.6 Å². The number of ether oxygens (including phenoxy) is 2. The number of nitrogens with zero attached hydrogens (tertiary/aromatic N) is 1. The van der Waals surface area contributed by atoms with Gasteiger partial charge in [0.15, 0.2) is 5.78 Å². The van der Waals surface area contributed by atoms with Crippen LogP contribution < -0.4 is 15.2 Å². The van der Waals surface area contributed by atoms with Gasteiger partial charge >= 0.3 is 12.3 Å². The van der Waals surface area contributed by atoms with Crippen LogP contribution in [-0.4, -0.2) is 52.4 Å². The molecule has 0 saturated carbocycles. The molecule has 0 radical (unpaired) electrons. The Labute approximate surface area is 171 Å². The van der Waals surface area contributed by atoms with Crippen molar-refractivity contribution >= 4 is 23.5 Å². The maximum absolute atomic E-state index is 13.3. The molecule has 1 fully saturated rings. The van der Waals surface area contributed by atoms with Crippen molar-refractivity contribution in [3.8, 4) is 11.5 Å². The number of benzene rings is 2. The first-order valence-corrected chi connectivity index (χ1v) is 9.35. The highest BCUT2D eigenvalue weighted by molar-refractivity contribution is 6.08. The Balaban J connectivity index is 1.59. The highest BCUT2D eigenvalue weighted by Gasteiger charge is 2.40. The number of Topliss-reactive ketones (excluding diaryl/α,β-unsaturated/α-hetero) is 1. The van der Waals surface area contributed by atoms with Crippen LogP contribution in [0, 0.1) is 5.41 Å². The van der Waals surface area contributed by atoms with E-state index < -0.39 is 18.3 Å². The quantitative estimate of drug-likeness (QED) is 0.387. The highest BCUT2D eigenvalue weighted by Crippen LogP contribution is 2.37. The number of fused-ring (bicyclic) bond motifs is 2. The van der Waals surface area contributed by atoms with Crippen LogP contribution in [0.4, 0.5) is 0 Å². The van der Waals surface area contributed by atoms with E-state index in [2.05, 4.69) is 0 Å². The van der Waals surface area contributed by atoms with Gasteiger partial charge in [-0.2, -0.15) is 0 Å². The second kappa shape index (κ2) is 7.51. The van der Waals surface area contributed by atoms with Gasteiger partial charge in [0.2, 0.25) is 0 Å². The Bertz CT molecular complexity index is 1020. The van der Waals surface area contributed by atoms with Gasteiger partial charge in [-0.3, -0.25) is 15.0 Å².